The Morgan fingerprint density at radius 1 is 1.70 bits per heavy atom. The lowest BCUT2D eigenvalue weighted by molar-refractivity contribution is -0.126. The van der Waals surface area contributed by atoms with Crippen LogP contribution in [0.3, 0.4) is 0 Å². The first-order valence-electron chi connectivity index (χ1n) is 3.93. The fourth-order valence-corrected chi connectivity index (χ4v) is 1.49. The van der Waals surface area contributed by atoms with Crippen molar-refractivity contribution in [2.24, 2.45) is 0 Å². The molecule has 2 heteroatoms. The Labute approximate surface area is 61.6 Å². The van der Waals surface area contributed by atoms with Crippen molar-refractivity contribution in [3.8, 4) is 0 Å². The van der Waals surface area contributed by atoms with Crippen LogP contribution in [0.1, 0.15) is 32.6 Å². The highest BCUT2D eigenvalue weighted by molar-refractivity contribution is 5.62. The standard InChI is InChI=1S/C8H14O2/c1-2-4-8(7-9)5-3-6-10-8/h7H,2-6H2,1H3. The van der Waals surface area contributed by atoms with Gasteiger partial charge in [-0.3, -0.25) is 0 Å². The van der Waals surface area contributed by atoms with Gasteiger partial charge in [0.25, 0.3) is 0 Å². The van der Waals surface area contributed by atoms with Gasteiger partial charge >= 0.3 is 0 Å². The Bertz CT molecular complexity index is 114. The van der Waals surface area contributed by atoms with Gasteiger partial charge < -0.3 is 9.53 Å². The molecule has 0 bridgehead atoms. The Hall–Kier alpha value is -0.370. The average Bonchev–Trinajstić information content (AvgIpc) is 2.39. The zero-order valence-electron chi connectivity index (χ0n) is 6.43. The average molecular weight is 142 g/mol. The summed E-state index contributed by atoms with van der Waals surface area (Å²) in [6, 6.07) is 0. The molecule has 0 radical (unpaired) electrons. The summed E-state index contributed by atoms with van der Waals surface area (Å²) in [5.41, 5.74) is -0.394. The van der Waals surface area contributed by atoms with Crippen LogP contribution in [0.4, 0.5) is 0 Å². The highest BCUT2D eigenvalue weighted by atomic mass is 16.5. The van der Waals surface area contributed by atoms with Gasteiger partial charge in [-0.05, 0) is 19.3 Å². The molecule has 0 aromatic carbocycles. The van der Waals surface area contributed by atoms with Crippen LogP contribution in [0.5, 0.6) is 0 Å². The predicted molar refractivity (Wildman–Crippen MR) is 38.9 cm³/mol. The lowest BCUT2D eigenvalue weighted by Gasteiger charge is -2.19. The summed E-state index contributed by atoms with van der Waals surface area (Å²) in [4.78, 5) is 10.6. The van der Waals surface area contributed by atoms with Crippen LogP contribution in [0.15, 0.2) is 0 Å². The van der Waals surface area contributed by atoms with Crippen LogP contribution >= 0.6 is 0 Å². The molecule has 0 aliphatic carbocycles. The molecule has 1 aliphatic heterocycles. The van der Waals surface area contributed by atoms with Crippen molar-refractivity contribution in [2.75, 3.05) is 6.61 Å². The second-order valence-electron chi connectivity index (χ2n) is 2.88. The van der Waals surface area contributed by atoms with Gasteiger partial charge in [-0.25, -0.2) is 0 Å². The van der Waals surface area contributed by atoms with Gasteiger partial charge in [0.1, 0.15) is 5.60 Å². The predicted octanol–water partition coefficient (Wildman–Crippen LogP) is 1.53. The Morgan fingerprint density at radius 2 is 2.50 bits per heavy atom. The van der Waals surface area contributed by atoms with Crippen molar-refractivity contribution >= 4 is 6.29 Å². The summed E-state index contributed by atoms with van der Waals surface area (Å²) < 4.78 is 5.36. The molecule has 0 amide bonds. The van der Waals surface area contributed by atoms with Gasteiger partial charge in [-0.1, -0.05) is 13.3 Å². The fraction of sp³-hybridized carbons (Fsp3) is 0.875. The maximum absolute atomic E-state index is 10.6. The van der Waals surface area contributed by atoms with E-state index < -0.39 is 5.60 Å². The molecule has 58 valence electrons. The van der Waals surface area contributed by atoms with Crippen molar-refractivity contribution in [1.82, 2.24) is 0 Å². The quantitative estimate of drug-likeness (QED) is 0.559. The van der Waals surface area contributed by atoms with E-state index in [9.17, 15) is 4.79 Å². The molecule has 10 heavy (non-hydrogen) atoms. The molecule has 0 aromatic heterocycles. The molecule has 1 atom stereocenters. The molecule has 1 aliphatic rings. The van der Waals surface area contributed by atoms with E-state index >= 15 is 0 Å². The van der Waals surface area contributed by atoms with Crippen LogP contribution in [0.25, 0.3) is 0 Å². The number of rotatable bonds is 3. The van der Waals surface area contributed by atoms with Gasteiger partial charge in [0.05, 0.1) is 0 Å². The van der Waals surface area contributed by atoms with E-state index in [1.165, 1.54) is 0 Å². The molecule has 1 fully saturated rings. The number of ether oxygens (including phenoxy) is 1. The molecule has 2 nitrogen and oxygen atoms in total. The van der Waals surface area contributed by atoms with Gasteiger partial charge in [0.2, 0.25) is 0 Å². The third-order valence-corrected chi connectivity index (χ3v) is 2.02. The summed E-state index contributed by atoms with van der Waals surface area (Å²) >= 11 is 0. The van der Waals surface area contributed by atoms with Crippen LogP contribution in [0.2, 0.25) is 0 Å². The van der Waals surface area contributed by atoms with Crippen molar-refractivity contribution in [3.05, 3.63) is 0 Å². The third kappa shape index (κ3) is 1.37. The topological polar surface area (TPSA) is 26.3 Å². The third-order valence-electron chi connectivity index (χ3n) is 2.02. The van der Waals surface area contributed by atoms with Crippen LogP contribution in [0, 0.1) is 0 Å². The van der Waals surface area contributed by atoms with E-state index in [1.54, 1.807) is 0 Å². The van der Waals surface area contributed by atoms with Crippen LogP contribution in [-0.4, -0.2) is 18.5 Å². The van der Waals surface area contributed by atoms with E-state index in [-0.39, 0.29) is 0 Å². The first-order valence-corrected chi connectivity index (χ1v) is 3.93. The van der Waals surface area contributed by atoms with Gasteiger partial charge in [-0.15, -0.1) is 0 Å². The lowest BCUT2D eigenvalue weighted by Crippen LogP contribution is -2.28. The largest absolute Gasteiger partial charge is 0.368 e. The van der Waals surface area contributed by atoms with E-state index in [1.807, 2.05) is 0 Å². The van der Waals surface area contributed by atoms with E-state index in [0.717, 1.165) is 38.6 Å². The zero-order valence-corrected chi connectivity index (χ0v) is 6.43. The van der Waals surface area contributed by atoms with Crippen molar-refractivity contribution in [3.63, 3.8) is 0 Å². The second kappa shape index (κ2) is 3.15. The van der Waals surface area contributed by atoms with Gasteiger partial charge in [-0.2, -0.15) is 0 Å². The SMILES string of the molecule is CCCC1(C=O)CCCO1. The number of aldehydes is 1. The number of carbonyl (C=O) groups is 1. The van der Waals surface area contributed by atoms with E-state index in [2.05, 4.69) is 6.92 Å². The molecule has 0 spiro atoms. The lowest BCUT2D eigenvalue weighted by atomic mass is 9.97. The van der Waals surface area contributed by atoms with Crippen molar-refractivity contribution in [2.45, 2.75) is 38.2 Å². The highest BCUT2D eigenvalue weighted by Gasteiger charge is 2.33. The van der Waals surface area contributed by atoms with Crippen LogP contribution in [-0.2, 0) is 9.53 Å². The molecule has 1 rings (SSSR count). The first-order chi connectivity index (χ1) is 4.83. The highest BCUT2D eigenvalue weighted by Crippen LogP contribution is 2.27. The molecule has 1 saturated heterocycles. The monoisotopic (exact) mass is 142 g/mol. The van der Waals surface area contributed by atoms with E-state index in [4.69, 9.17) is 4.74 Å². The molecular formula is C8H14O2. The fourth-order valence-electron chi connectivity index (χ4n) is 1.49. The minimum atomic E-state index is -0.394. The summed E-state index contributed by atoms with van der Waals surface area (Å²) in [6.07, 6.45) is 4.85. The maximum Gasteiger partial charge on any atom is 0.151 e. The Kier molecular flexibility index (Phi) is 2.44. The molecule has 0 aromatic rings. The summed E-state index contributed by atoms with van der Waals surface area (Å²) in [7, 11) is 0. The smallest absolute Gasteiger partial charge is 0.151 e. The number of hydrogen-bond acceptors (Lipinski definition) is 2. The zero-order chi connectivity index (χ0) is 7.45. The van der Waals surface area contributed by atoms with Crippen LogP contribution < -0.4 is 0 Å². The van der Waals surface area contributed by atoms with Crippen molar-refractivity contribution < 1.29 is 9.53 Å². The minimum absolute atomic E-state index is 0.394. The normalized spacial score (nSPS) is 32.5. The summed E-state index contributed by atoms with van der Waals surface area (Å²) in [5, 5.41) is 0. The molecular weight excluding hydrogens is 128 g/mol. The molecule has 1 heterocycles. The number of carbonyl (C=O) groups excluding carboxylic acids is 1. The molecule has 0 saturated carbocycles. The Morgan fingerprint density at radius 3 is 2.90 bits per heavy atom. The van der Waals surface area contributed by atoms with Crippen molar-refractivity contribution in [1.29, 1.82) is 0 Å². The molecule has 1 unspecified atom stereocenters. The number of hydrogen-bond donors (Lipinski definition) is 0. The minimum Gasteiger partial charge on any atom is -0.368 e. The second-order valence-corrected chi connectivity index (χ2v) is 2.88. The first kappa shape index (κ1) is 7.73. The maximum atomic E-state index is 10.6. The summed E-state index contributed by atoms with van der Waals surface area (Å²) in [6.45, 7) is 2.84. The molecule has 0 N–H and O–H groups in total. The Balaban J connectivity index is 2.49. The van der Waals surface area contributed by atoms with Gasteiger partial charge in [0.15, 0.2) is 6.29 Å². The van der Waals surface area contributed by atoms with E-state index in [0.29, 0.717) is 0 Å². The van der Waals surface area contributed by atoms with Gasteiger partial charge in [0, 0.05) is 6.61 Å². The summed E-state index contributed by atoms with van der Waals surface area (Å²) in [5.74, 6) is 0.